The highest BCUT2D eigenvalue weighted by atomic mass is 19.1. The summed E-state index contributed by atoms with van der Waals surface area (Å²) in [4.78, 5) is 11.7. The van der Waals surface area contributed by atoms with Crippen molar-refractivity contribution in [1.82, 2.24) is 9.78 Å². The lowest BCUT2D eigenvalue weighted by Gasteiger charge is -2.00. The molecule has 0 bridgehead atoms. The normalized spacial score (nSPS) is 10.5. The van der Waals surface area contributed by atoms with Crippen LogP contribution in [0.2, 0.25) is 0 Å². The van der Waals surface area contributed by atoms with Crippen molar-refractivity contribution in [2.75, 3.05) is 0 Å². The van der Waals surface area contributed by atoms with Crippen LogP contribution in [0.4, 0.5) is 4.39 Å². The van der Waals surface area contributed by atoms with E-state index in [-0.39, 0.29) is 18.4 Å². The van der Waals surface area contributed by atoms with Gasteiger partial charge in [-0.05, 0) is 17.7 Å². The fourth-order valence-electron chi connectivity index (χ4n) is 1.81. The van der Waals surface area contributed by atoms with Gasteiger partial charge in [-0.1, -0.05) is 47.6 Å². The molecule has 0 N–H and O–H groups in total. The molecule has 0 radical (unpaired) electrons. The van der Waals surface area contributed by atoms with Gasteiger partial charge in [0.2, 0.25) is 0 Å². The Kier molecular flexibility index (Phi) is 3.51. The Morgan fingerprint density at radius 3 is 2.57 bits per heavy atom. The molecule has 3 rings (SSSR count). The molecule has 3 aromatic rings. The standard InChI is InChI=1S/C15H11FN2O3/c16-12-8-4-5-9-13(12)18-15(19)21-14(17-18)20-10-11-6-2-1-3-7-11/h1-9H,10H2. The average Bonchev–Trinajstić information content (AvgIpc) is 2.88. The summed E-state index contributed by atoms with van der Waals surface area (Å²) in [7, 11) is 0. The molecule has 5 nitrogen and oxygen atoms in total. The maximum Gasteiger partial charge on any atom is 0.444 e. The van der Waals surface area contributed by atoms with E-state index in [1.807, 2.05) is 30.3 Å². The lowest BCUT2D eigenvalue weighted by Crippen LogP contribution is -2.14. The van der Waals surface area contributed by atoms with Crippen molar-refractivity contribution in [1.29, 1.82) is 0 Å². The van der Waals surface area contributed by atoms with Gasteiger partial charge in [-0.2, -0.15) is 4.68 Å². The molecule has 1 aromatic heterocycles. The second kappa shape index (κ2) is 5.62. The van der Waals surface area contributed by atoms with E-state index in [1.165, 1.54) is 18.2 Å². The van der Waals surface area contributed by atoms with Crippen LogP contribution in [-0.2, 0) is 6.61 Å². The number of hydrogen-bond acceptors (Lipinski definition) is 4. The summed E-state index contributed by atoms with van der Waals surface area (Å²) in [5, 5.41) is 3.83. The monoisotopic (exact) mass is 286 g/mol. The minimum atomic E-state index is -0.803. The molecule has 21 heavy (non-hydrogen) atoms. The largest absolute Gasteiger partial charge is 0.444 e. The van der Waals surface area contributed by atoms with Gasteiger partial charge < -0.3 is 9.15 Å². The van der Waals surface area contributed by atoms with Crippen LogP contribution in [0.25, 0.3) is 5.69 Å². The van der Waals surface area contributed by atoms with E-state index in [0.29, 0.717) is 0 Å². The third kappa shape index (κ3) is 2.84. The van der Waals surface area contributed by atoms with Crippen molar-refractivity contribution < 1.29 is 13.5 Å². The second-order valence-corrected chi connectivity index (χ2v) is 4.27. The van der Waals surface area contributed by atoms with Crippen LogP contribution in [-0.4, -0.2) is 9.78 Å². The minimum absolute atomic E-state index is 0.0146. The summed E-state index contributed by atoms with van der Waals surface area (Å²) in [5.74, 6) is -1.37. The first-order chi connectivity index (χ1) is 10.2. The van der Waals surface area contributed by atoms with Gasteiger partial charge in [0, 0.05) is 0 Å². The number of benzene rings is 2. The Bertz CT molecular complexity index is 796. The fourth-order valence-corrected chi connectivity index (χ4v) is 1.81. The topological polar surface area (TPSA) is 57.3 Å². The Labute approximate surface area is 119 Å². The van der Waals surface area contributed by atoms with Gasteiger partial charge in [-0.25, -0.2) is 9.18 Å². The first-order valence-electron chi connectivity index (χ1n) is 6.26. The maximum atomic E-state index is 13.6. The number of aromatic nitrogens is 2. The van der Waals surface area contributed by atoms with E-state index in [0.717, 1.165) is 10.2 Å². The molecule has 106 valence electrons. The van der Waals surface area contributed by atoms with Gasteiger partial charge in [0.15, 0.2) is 0 Å². The van der Waals surface area contributed by atoms with E-state index in [9.17, 15) is 9.18 Å². The first-order valence-corrected chi connectivity index (χ1v) is 6.26. The molecule has 0 fully saturated rings. The Morgan fingerprint density at radius 2 is 1.81 bits per heavy atom. The summed E-state index contributed by atoms with van der Waals surface area (Å²) in [5.41, 5.74) is 0.918. The predicted molar refractivity (Wildman–Crippen MR) is 72.8 cm³/mol. The fraction of sp³-hybridized carbons (Fsp3) is 0.0667. The lowest BCUT2D eigenvalue weighted by molar-refractivity contribution is 0.215. The van der Waals surface area contributed by atoms with Crippen LogP contribution in [0, 0.1) is 5.82 Å². The SMILES string of the molecule is O=c1oc(OCc2ccccc2)nn1-c1ccccc1F. The van der Waals surface area contributed by atoms with Gasteiger partial charge >= 0.3 is 11.8 Å². The number of rotatable bonds is 4. The van der Waals surface area contributed by atoms with Gasteiger partial charge in [-0.15, -0.1) is 0 Å². The third-order valence-electron chi connectivity index (χ3n) is 2.81. The van der Waals surface area contributed by atoms with Crippen molar-refractivity contribution >= 4 is 0 Å². The van der Waals surface area contributed by atoms with Crippen LogP contribution in [0.3, 0.4) is 0 Å². The molecule has 0 spiro atoms. The summed E-state index contributed by atoms with van der Waals surface area (Å²) in [6.45, 7) is 0.206. The quantitative estimate of drug-likeness (QED) is 0.739. The van der Waals surface area contributed by atoms with Crippen molar-refractivity contribution in [2.24, 2.45) is 0 Å². The molecule has 0 unspecified atom stereocenters. The van der Waals surface area contributed by atoms with Crippen molar-refractivity contribution in [3.05, 3.63) is 76.5 Å². The number of hydrogen-bond donors (Lipinski definition) is 0. The molecule has 2 aromatic carbocycles. The summed E-state index contributed by atoms with van der Waals surface area (Å²) >= 11 is 0. The molecule has 0 saturated heterocycles. The molecular formula is C15H11FN2O3. The zero-order valence-corrected chi connectivity index (χ0v) is 10.9. The Morgan fingerprint density at radius 1 is 1.10 bits per heavy atom. The number of nitrogens with zero attached hydrogens (tertiary/aromatic N) is 2. The predicted octanol–water partition coefficient (Wildman–Crippen LogP) is 2.54. The minimum Gasteiger partial charge on any atom is -0.444 e. The number of para-hydroxylation sites is 1. The average molecular weight is 286 g/mol. The lowest BCUT2D eigenvalue weighted by atomic mass is 10.2. The second-order valence-electron chi connectivity index (χ2n) is 4.27. The van der Waals surface area contributed by atoms with Gasteiger partial charge in [0.25, 0.3) is 0 Å². The Balaban J connectivity index is 1.82. The van der Waals surface area contributed by atoms with Gasteiger partial charge in [-0.3, -0.25) is 0 Å². The number of ether oxygens (including phenoxy) is 1. The van der Waals surface area contributed by atoms with Crippen LogP contribution < -0.4 is 10.5 Å². The van der Waals surface area contributed by atoms with Crippen molar-refractivity contribution in [3.63, 3.8) is 0 Å². The summed E-state index contributed by atoms with van der Waals surface area (Å²) in [6.07, 6.45) is -0.202. The van der Waals surface area contributed by atoms with Crippen molar-refractivity contribution in [2.45, 2.75) is 6.61 Å². The van der Waals surface area contributed by atoms with E-state index < -0.39 is 11.6 Å². The first kappa shape index (κ1) is 13.1. The van der Waals surface area contributed by atoms with Crippen molar-refractivity contribution in [3.8, 4) is 11.8 Å². The molecule has 0 aliphatic rings. The highest BCUT2D eigenvalue weighted by Crippen LogP contribution is 2.13. The Hall–Kier alpha value is -2.89. The summed E-state index contributed by atoms with van der Waals surface area (Å²) in [6, 6.07) is 15.1. The summed E-state index contributed by atoms with van der Waals surface area (Å²) < 4.78 is 24.6. The van der Waals surface area contributed by atoms with Crippen LogP contribution in [0.5, 0.6) is 6.08 Å². The van der Waals surface area contributed by atoms with Crippen LogP contribution >= 0.6 is 0 Å². The van der Waals surface area contributed by atoms with E-state index in [2.05, 4.69) is 5.10 Å². The van der Waals surface area contributed by atoms with Crippen LogP contribution in [0.15, 0.2) is 63.8 Å². The molecule has 0 saturated carbocycles. The van der Waals surface area contributed by atoms with Gasteiger partial charge in [0.1, 0.15) is 18.1 Å². The maximum absolute atomic E-state index is 13.6. The van der Waals surface area contributed by atoms with Gasteiger partial charge in [0.05, 0.1) is 0 Å². The zero-order chi connectivity index (χ0) is 14.7. The van der Waals surface area contributed by atoms with E-state index in [4.69, 9.17) is 9.15 Å². The molecule has 0 amide bonds. The molecular weight excluding hydrogens is 275 g/mol. The smallest absolute Gasteiger partial charge is 0.444 e. The molecule has 6 heteroatoms. The van der Waals surface area contributed by atoms with E-state index in [1.54, 1.807) is 6.07 Å². The zero-order valence-electron chi connectivity index (χ0n) is 10.9. The van der Waals surface area contributed by atoms with Crippen LogP contribution in [0.1, 0.15) is 5.56 Å². The molecule has 1 heterocycles. The van der Waals surface area contributed by atoms with E-state index >= 15 is 0 Å². The highest BCUT2D eigenvalue weighted by molar-refractivity contribution is 5.31. The highest BCUT2D eigenvalue weighted by Gasteiger charge is 2.13. The molecule has 0 atom stereocenters. The molecule has 0 aliphatic carbocycles. The molecule has 0 aliphatic heterocycles. The third-order valence-corrected chi connectivity index (χ3v) is 2.81. The number of halogens is 1.